The van der Waals surface area contributed by atoms with Crippen molar-refractivity contribution in [3.8, 4) is 0 Å². The molecule has 0 aliphatic carbocycles. The highest BCUT2D eigenvalue weighted by Crippen LogP contribution is 2.16. The third-order valence-corrected chi connectivity index (χ3v) is 3.55. The van der Waals surface area contributed by atoms with Crippen molar-refractivity contribution in [1.29, 1.82) is 5.41 Å². The number of nitrogens with one attached hydrogen (secondary N) is 3. The van der Waals surface area contributed by atoms with Crippen LogP contribution in [0.15, 0.2) is 65.0 Å². The van der Waals surface area contributed by atoms with Crippen LogP contribution in [-0.4, -0.2) is 19.0 Å². The topological polar surface area (TPSA) is 65.0 Å². The van der Waals surface area contributed by atoms with Gasteiger partial charge >= 0.3 is 0 Å². The van der Waals surface area contributed by atoms with Gasteiger partial charge in [-0.2, -0.15) is 0 Å². The van der Waals surface area contributed by atoms with Crippen LogP contribution in [0.25, 0.3) is 0 Å². The van der Waals surface area contributed by atoms with Crippen LogP contribution in [0.3, 0.4) is 0 Å². The first-order chi connectivity index (χ1) is 11.5. The fourth-order valence-corrected chi connectivity index (χ4v) is 2.16. The Hall–Kier alpha value is -2.62. The minimum absolute atomic E-state index is 0.400. The highest BCUT2D eigenvalue weighted by atomic mass is 16.1. The monoisotopic (exact) mass is 325 g/mol. The molecule has 0 heterocycles. The van der Waals surface area contributed by atoms with E-state index in [1.54, 1.807) is 13.0 Å². The molecule has 1 aromatic rings. The Morgan fingerprint density at radius 1 is 1.21 bits per heavy atom. The molecule has 24 heavy (non-hydrogen) atoms. The van der Waals surface area contributed by atoms with Crippen LogP contribution in [0, 0.1) is 5.41 Å². The zero-order chi connectivity index (χ0) is 17.9. The lowest BCUT2D eigenvalue weighted by Gasteiger charge is -2.16. The zero-order valence-corrected chi connectivity index (χ0v) is 14.9. The number of benzene rings is 1. The second-order valence-electron chi connectivity index (χ2n) is 5.57. The van der Waals surface area contributed by atoms with Crippen LogP contribution in [0.4, 0.5) is 5.69 Å². The molecule has 0 bridgehead atoms. The number of para-hydroxylation sites is 1. The molecule has 1 aromatic carbocycles. The molecular formula is C20H27N3O. The smallest absolute Gasteiger partial charge is 0.145 e. The number of aldehydes is 1. The van der Waals surface area contributed by atoms with Crippen molar-refractivity contribution >= 4 is 17.7 Å². The lowest BCUT2D eigenvalue weighted by molar-refractivity contribution is -0.104. The van der Waals surface area contributed by atoms with Crippen LogP contribution < -0.4 is 10.6 Å². The Morgan fingerprint density at radius 2 is 1.88 bits per heavy atom. The van der Waals surface area contributed by atoms with E-state index < -0.39 is 0 Å². The van der Waals surface area contributed by atoms with E-state index in [9.17, 15) is 4.79 Å². The van der Waals surface area contributed by atoms with E-state index >= 15 is 0 Å². The van der Waals surface area contributed by atoms with E-state index in [0.717, 1.165) is 41.8 Å². The van der Waals surface area contributed by atoms with Gasteiger partial charge in [-0.3, -0.25) is 10.2 Å². The quantitative estimate of drug-likeness (QED) is 0.272. The summed E-state index contributed by atoms with van der Waals surface area (Å²) in [5.74, 6) is 0.769. The third kappa shape index (κ3) is 5.88. The first-order valence-corrected chi connectivity index (χ1v) is 8.17. The summed E-state index contributed by atoms with van der Waals surface area (Å²) in [7, 11) is 1.82. The number of hydrogen-bond acceptors (Lipinski definition) is 4. The summed E-state index contributed by atoms with van der Waals surface area (Å²) < 4.78 is 0. The van der Waals surface area contributed by atoms with E-state index in [0.29, 0.717) is 11.3 Å². The molecule has 3 N–H and O–H groups in total. The SMILES string of the molecule is CCC/C=C(\C=C(/C)C=O)C(=N)/C(C)=C(/NC)Nc1ccccc1. The average molecular weight is 325 g/mol. The average Bonchev–Trinajstić information content (AvgIpc) is 2.62. The van der Waals surface area contributed by atoms with Crippen molar-refractivity contribution in [3.63, 3.8) is 0 Å². The largest absolute Gasteiger partial charge is 0.374 e. The van der Waals surface area contributed by atoms with Crippen LogP contribution in [0.2, 0.25) is 0 Å². The molecule has 1 rings (SSSR count). The number of carbonyl (C=O) groups excluding carboxylic acids is 1. The summed E-state index contributed by atoms with van der Waals surface area (Å²) in [6, 6.07) is 9.82. The number of unbranched alkanes of at least 4 members (excludes halogenated alkanes) is 1. The fourth-order valence-electron chi connectivity index (χ4n) is 2.16. The maximum absolute atomic E-state index is 10.9. The van der Waals surface area contributed by atoms with Crippen molar-refractivity contribution in [1.82, 2.24) is 5.32 Å². The van der Waals surface area contributed by atoms with Crippen molar-refractivity contribution in [3.05, 3.63) is 65.0 Å². The number of allylic oxidation sites excluding steroid dienone is 5. The summed E-state index contributed by atoms with van der Waals surface area (Å²) in [5.41, 5.74) is 3.52. The van der Waals surface area contributed by atoms with Gasteiger partial charge in [0.2, 0.25) is 0 Å². The molecule has 0 aliphatic heterocycles. The van der Waals surface area contributed by atoms with Gasteiger partial charge < -0.3 is 10.6 Å². The molecule has 128 valence electrons. The number of rotatable bonds is 9. The molecular weight excluding hydrogens is 298 g/mol. The molecule has 0 aliphatic rings. The van der Waals surface area contributed by atoms with Crippen LogP contribution >= 0.6 is 0 Å². The molecule has 0 saturated carbocycles. The highest BCUT2D eigenvalue weighted by molar-refractivity contribution is 6.12. The summed E-state index contributed by atoms with van der Waals surface area (Å²) in [5, 5.41) is 14.9. The predicted molar refractivity (Wildman–Crippen MR) is 102 cm³/mol. The zero-order valence-electron chi connectivity index (χ0n) is 14.9. The van der Waals surface area contributed by atoms with E-state index in [1.807, 2.05) is 50.4 Å². The summed E-state index contributed by atoms with van der Waals surface area (Å²) >= 11 is 0. The summed E-state index contributed by atoms with van der Waals surface area (Å²) in [4.78, 5) is 10.9. The van der Waals surface area contributed by atoms with Crippen molar-refractivity contribution in [2.75, 3.05) is 12.4 Å². The molecule has 0 amide bonds. The van der Waals surface area contributed by atoms with E-state index in [-0.39, 0.29) is 0 Å². The van der Waals surface area contributed by atoms with Gasteiger partial charge in [0.15, 0.2) is 0 Å². The maximum Gasteiger partial charge on any atom is 0.145 e. The molecule has 0 atom stereocenters. The Balaban J connectivity index is 3.15. The first kappa shape index (κ1) is 19.4. The molecule has 0 unspecified atom stereocenters. The van der Waals surface area contributed by atoms with E-state index in [2.05, 4.69) is 17.6 Å². The van der Waals surface area contributed by atoms with E-state index in [1.165, 1.54) is 0 Å². The minimum Gasteiger partial charge on any atom is -0.374 e. The van der Waals surface area contributed by atoms with Gasteiger partial charge in [-0.15, -0.1) is 0 Å². The second kappa shape index (κ2) is 10.2. The van der Waals surface area contributed by atoms with Gasteiger partial charge in [0.1, 0.15) is 12.1 Å². The normalized spacial score (nSPS) is 13.2. The van der Waals surface area contributed by atoms with Gasteiger partial charge in [0.05, 0.1) is 5.71 Å². The highest BCUT2D eigenvalue weighted by Gasteiger charge is 2.11. The van der Waals surface area contributed by atoms with Gasteiger partial charge in [0.25, 0.3) is 0 Å². The molecule has 4 heteroatoms. The third-order valence-electron chi connectivity index (χ3n) is 3.55. The maximum atomic E-state index is 10.9. The number of hydrogen-bond donors (Lipinski definition) is 3. The minimum atomic E-state index is 0.400. The summed E-state index contributed by atoms with van der Waals surface area (Å²) in [6.07, 6.45) is 6.45. The van der Waals surface area contributed by atoms with Crippen LogP contribution in [0.1, 0.15) is 33.6 Å². The van der Waals surface area contributed by atoms with Crippen molar-refractivity contribution in [2.24, 2.45) is 0 Å². The Labute approximate surface area is 144 Å². The molecule has 0 aromatic heterocycles. The number of carbonyl (C=O) groups is 1. The molecule has 0 saturated heterocycles. The van der Waals surface area contributed by atoms with Gasteiger partial charge in [0, 0.05) is 18.3 Å². The van der Waals surface area contributed by atoms with E-state index in [4.69, 9.17) is 5.41 Å². The fraction of sp³-hybridized carbons (Fsp3) is 0.300. The molecule has 0 fully saturated rings. The van der Waals surface area contributed by atoms with Crippen molar-refractivity contribution in [2.45, 2.75) is 33.6 Å². The van der Waals surface area contributed by atoms with Gasteiger partial charge in [-0.05, 0) is 49.6 Å². The Bertz CT molecular complexity index is 655. The Kier molecular flexibility index (Phi) is 8.26. The van der Waals surface area contributed by atoms with Crippen molar-refractivity contribution < 1.29 is 4.79 Å². The van der Waals surface area contributed by atoms with Gasteiger partial charge in [-0.1, -0.05) is 37.6 Å². The molecule has 4 nitrogen and oxygen atoms in total. The Morgan fingerprint density at radius 3 is 2.42 bits per heavy atom. The standard InChI is InChI=1S/C20H27N3O/c1-5-6-10-17(13-15(2)14-24)19(21)16(3)20(22-4)23-18-11-8-7-9-12-18/h7-14,21-23H,5-6H2,1-4H3/b15-13+,17-10+,20-16-,21-19?. The second-order valence-corrected chi connectivity index (χ2v) is 5.57. The lowest BCUT2D eigenvalue weighted by Crippen LogP contribution is -2.20. The van der Waals surface area contributed by atoms with Crippen LogP contribution in [0.5, 0.6) is 0 Å². The first-order valence-electron chi connectivity index (χ1n) is 8.17. The van der Waals surface area contributed by atoms with Gasteiger partial charge in [-0.25, -0.2) is 0 Å². The number of anilines is 1. The molecule has 0 spiro atoms. The lowest BCUT2D eigenvalue weighted by atomic mass is 10.00. The summed E-state index contributed by atoms with van der Waals surface area (Å²) in [6.45, 7) is 5.74. The predicted octanol–water partition coefficient (Wildman–Crippen LogP) is 4.44. The molecule has 0 radical (unpaired) electrons. The van der Waals surface area contributed by atoms with Crippen LogP contribution in [-0.2, 0) is 4.79 Å².